The summed E-state index contributed by atoms with van der Waals surface area (Å²) < 4.78 is 17.1. The number of carbonyl (C=O) groups excluding carboxylic acids is 5. The molecule has 8 atom stereocenters. The lowest BCUT2D eigenvalue weighted by Gasteiger charge is -2.41. The molecule has 1 aliphatic rings. The topological polar surface area (TPSA) is 123 Å². The number of Topliss-reactive ketones (excluding diaryl/α,β-unsaturated/α-hetero) is 1. The van der Waals surface area contributed by atoms with Crippen molar-refractivity contribution in [2.24, 2.45) is 29.6 Å². The lowest BCUT2D eigenvalue weighted by molar-refractivity contribution is -0.150. The highest BCUT2D eigenvalue weighted by atomic mass is 16.5. The second-order valence-corrected chi connectivity index (χ2v) is 16.2. The van der Waals surface area contributed by atoms with E-state index >= 15 is 0 Å². The van der Waals surface area contributed by atoms with Crippen LogP contribution in [0.15, 0.2) is 30.3 Å². The standard InChI is InChI=1S/C43H71N3O8/c1-14-30(8)40(44(10)42(50)34(27(2)3)25-39(49)46(28(4)5)29(6)7)37(52-11)26-38(48)45-22-18-21-35(45)41(53-12)31(9)36(47)24-33(43(51)54-13)23-32-19-16-15-17-20-32/h15-17,19-20,27-31,33-35,37,40-41H,14,18,21-26H2,1-13H3/t30-,31-,33+,34-,35-,37+,40-,41+/m0/s1. The number of likely N-dealkylation sites (N-methyl/N-ethyl adjacent to an activating group) is 1. The van der Waals surface area contributed by atoms with Gasteiger partial charge in [-0.05, 0) is 64.4 Å². The Morgan fingerprint density at radius 3 is 1.96 bits per heavy atom. The van der Waals surface area contributed by atoms with Gasteiger partial charge in [-0.15, -0.1) is 0 Å². The molecule has 1 aromatic rings. The molecule has 3 amide bonds. The second-order valence-electron chi connectivity index (χ2n) is 16.2. The largest absolute Gasteiger partial charge is 0.469 e. The highest BCUT2D eigenvalue weighted by molar-refractivity contribution is 5.87. The molecule has 0 saturated carbocycles. The summed E-state index contributed by atoms with van der Waals surface area (Å²) in [4.78, 5) is 73.9. The summed E-state index contributed by atoms with van der Waals surface area (Å²) in [6.07, 6.45) is 1.54. The van der Waals surface area contributed by atoms with Crippen LogP contribution < -0.4 is 0 Å². The quantitative estimate of drug-likeness (QED) is 0.128. The van der Waals surface area contributed by atoms with Crippen molar-refractivity contribution in [2.45, 2.75) is 144 Å². The first-order valence-electron chi connectivity index (χ1n) is 20.0. The van der Waals surface area contributed by atoms with Crippen molar-refractivity contribution in [2.75, 3.05) is 34.9 Å². The maximum Gasteiger partial charge on any atom is 0.309 e. The van der Waals surface area contributed by atoms with Crippen LogP contribution in [-0.4, -0.2) is 115 Å². The number of hydrogen-bond acceptors (Lipinski definition) is 8. The van der Waals surface area contributed by atoms with Crippen LogP contribution in [-0.2, 0) is 44.6 Å². The lowest BCUT2D eigenvalue weighted by atomic mass is 9.85. The van der Waals surface area contributed by atoms with Gasteiger partial charge in [0.15, 0.2) is 0 Å². The van der Waals surface area contributed by atoms with Crippen LogP contribution in [0.3, 0.4) is 0 Å². The van der Waals surface area contributed by atoms with Crippen LogP contribution in [0.25, 0.3) is 0 Å². The normalized spacial score (nSPS) is 18.5. The van der Waals surface area contributed by atoms with E-state index in [-0.39, 0.29) is 72.7 Å². The Balaban J connectivity index is 2.29. The highest BCUT2D eigenvalue weighted by Crippen LogP contribution is 2.32. The molecule has 0 aliphatic carbocycles. The Bertz CT molecular complexity index is 1340. The summed E-state index contributed by atoms with van der Waals surface area (Å²) in [6, 6.07) is 8.82. The zero-order valence-corrected chi connectivity index (χ0v) is 35.5. The first kappa shape index (κ1) is 46.8. The number of likely N-dealkylation sites (tertiary alicyclic amines) is 1. The average molecular weight is 758 g/mol. The SMILES string of the molecule is CC[C@H](C)[C@@H]([C@@H](CC(=O)N1CCC[C@H]1[C@H](OC)[C@@H](C)C(=O)C[C@@H](Cc1ccccc1)C(=O)OC)OC)N(C)C(=O)[C@@H](CC(=O)N(C(C)C)C(C)C)C(C)C. The summed E-state index contributed by atoms with van der Waals surface area (Å²) in [6.45, 7) is 18.3. The fourth-order valence-corrected chi connectivity index (χ4v) is 8.41. The van der Waals surface area contributed by atoms with Gasteiger partial charge in [-0.3, -0.25) is 24.0 Å². The van der Waals surface area contributed by atoms with Crippen molar-refractivity contribution in [3.63, 3.8) is 0 Å². The molecule has 1 aliphatic heterocycles. The lowest BCUT2D eigenvalue weighted by Crippen LogP contribution is -2.54. The third-order valence-corrected chi connectivity index (χ3v) is 11.6. The van der Waals surface area contributed by atoms with Crippen LogP contribution in [0.2, 0.25) is 0 Å². The summed E-state index contributed by atoms with van der Waals surface area (Å²) in [7, 11) is 6.24. The molecule has 0 N–H and O–H groups in total. The smallest absolute Gasteiger partial charge is 0.309 e. The summed E-state index contributed by atoms with van der Waals surface area (Å²) in [5.41, 5.74) is 0.942. The zero-order valence-electron chi connectivity index (χ0n) is 35.5. The monoisotopic (exact) mass is 758 g/mol. The molecule has 1 fully saturated rings. The third-order valence-electron chi connectivity index (χ3n) is 11.6. The summed E-state index contributed by atoms with van der Waals surface area (Å²) >= 11 is 0. The number of rotatable bonds is 22. The molecule has 0 unspecified atom stereocenters. The minimum atomic E-state index is -0.636. The Morgan fingerprint density at radius 2 is 1.46 bits per heavy atom. The molecule has 0 aromatic heterocycles. The van der Waals surface area contributed by atoms with E-state index in [1.165, 1.54) is 7.11 Å². The number of carbonyl (C=O) groups is 5. The molecule has 2 rings (SSSR count). The maximum atomic E-state index is 14.3. The molecule has 1 aromatic carbocycles. The van der Waals surface area contributed by atoms with Gasteiger partial charge in [0, 0.05) is 64.6 Å². The maximum absolute atomic E-state index is 14.3. The highest BCUT2D eigenvalue weighted by Gasteiger charge is 2.43. The van der Waals surface area contributed by atoms with E-state index in [2.05, 4.69) is 13.8 Å². The van der Waals surface area contributed by atoms with Gasteiger partial charge in [-0.2, -0.15) is 0 Å². The van der Waals surface area contributed by atoms with Crippen molar-refractivity contribution in [1.29, 1.82) is 0 Å². The van der Waals surface area contributed by atoms with E-state index in [0.29, 0.717) is 19.4 Å². The Labute approximate surface area is 325 Å². The van der Waals surface area contributed by atoms with E-state index in [1.54, 1.807) is 26.2 Å². The van der Waals surface area contributed by atoms with Crippen LogP contribution in [0, 0.1) is 29.6 Å². The molecule has 0 spiro atoms. The van der Waals surface area contributed by atoms with Gasteiger partial charge in [-0.1, -0.05) is 71.4 Å². The van der Waals surface area contributed by atoms with Gasteiger partial charge in [0.1, 0.15) is 5.78 Å². The van der Waals surface area contributed by atoms with Gasteiger partial charge in [0.2, 0.25) is 17.7 Å². The second kappa shape index (κ2) is 22.3. The van der Waals surface area contributed by atoms with E-state index in [9.17, 15) is 24.0 Å². The number of ketones is 1. The van der Waals surface area contributed by atoms with Crippen LogP contribution in [0.5, 0.6) is 0 Å². The predicted molar refractivity (Wildman–Crippen MR) is 211 cm³/mol. The fraction of sp³-hybridized carbons (Fsp3) is 0.744. The Kier molecular flexibility index (Phi) is 19.3. The van der Waals surface area contributed by atoms with Gasteiger partial charge in [0.05, 0.1) is 43.7 Å². The molecular weight excluding hydrogens is 686 g/mol. The molecule has 1 heterocycles. The number of nitrogens with zero attached hydrogens (tertiary/aromatic N) is 3. The van der Waals surface area contributed by atoms with E-state index in [0.717, 1.165) is 18.4 Å². The third kappa shape index (κ3) is 12.4. The van der Waals surface area contributed by atoms with Gasteiger partial charge in [0.25, 0.3) is 0 Å². The molecule has 1 saturated heterocycles. The molecule has 11 nitrogen and oxygen atoms in total. The van der Waals surface area contributed by atoms with Crippen molar-refractivity contribution in [3.05, 3.63) is 35.9 Å². The fourth-order valence-electron chi connectivity index (χ4n) is 8.41. The molecule has 0 radical (unpaired) electrons. The molecule has 11 heteroatoms. The van der Waals surface area contributed by atoms with Crippen LogP contribution in [0.4, 0.5) is 0 Å². The van der Waals surface area contributed by atoms with Crippen molar-refractivity contribution >= 4 is 29.5 Å². The van der Waals surface area contributed by atoms with Crippen molar-refractivity contribution in [1.82, 2.24) is 14.7 Å². The number of amides is 3. The Morgan fingerprint density at radius 1 is 0.852 bits per heavy atom. The first-order valence-corrected chi connectivity index (χ1v) is 20.0. The van der Waals surface area contributed by atoms with Crippen LogP contribution in [0.1, 0.15) is 106 Å². The molecule has 0 bridgehead atoms. The minimum absolute atomic E-state index is 0.000394. The van der Waals surface area contributed by atoms with E-state index in [4.69, 9.17) is 14.2 Å². The Hall–Kier alpha value is -3.31. The zero-order chi connectivity index (χ0) is 40.9. The molecular formula is C43H71N3O8. The summed E-state index contributed by atoms with van der Waals surface area (Å²) in [5.74, 6) is -2.68. The van der Waals surface area contributed by atoms with E-state index < -0.39 is 42.0 Å². The molecule has 54 heavy (non-hydrogen) atoms. The summed E-state index contributed by atoms with van der Waals surface area (Å²) in [5, 5.41) is 0. The number of ether oxygens (including phenoxy) is 3. The van der Waals surface area contributed by atoms with Crippen molar-refractivity contribution in [3.8, 4) is 0 Å². The van der Waals surface area contributed by atoms with Gasteiger partial charge < -0.3 is 28.9 Å². The van der Waals surface area contributed by atoms with E-state index in [1.807, 2.05) is 88.6 Å². The first-order chi connectivity index (χ1) is 25.4. The number of methoxy groups -OCH3 is 3. The molecule has 306 valence electrons. The number of hydrogen-bond donors (Lipinski definition) is 0. The average Bonchev–Trinajstić information content (AvgIpc) is 3.62. The van der Waals surface area contributed by atoms with Gasteiger partial charge in [-0.25, -0.2) is 0 Å². The number of benzene rings is 1. The van der Waals surface area contributed by atoms with Gasteiger partial charge >= 0.3 is 5.97 Å². The predicted octanol–water partition coefficient (Wildman–Crippen LogP) is 6.21. The minimum Gasteiger partial charge on any atom is -0.469 e. The van der Waals surface area contributed by atoms with Crippen LogP contribution >= 0.6 is 0 Å². The number of esters is 1. The van der Waals surface area contributed by atoms with Crippen molar-refractivity contribution < 1.29 is 38.2 Å².